The number of piperidine rings is 1. The lowest BCUT2D eigenvalue weighted by Gasteiger charge is -2.47. The smallest absolute Gasteiger partial charge is 0.316 e. The molecule has 4 aliphatic heterocycles. The maximum atomic E-state index is 12.8. The van der Waals surface area contributed by atoms with Crippen molar-refractivity contribution in [2.45, 2.75) is 121 Å². The number of likely N-dealkylation sites (tertiary alicyclic amines) is 1. The second-order valence-corrected chi connectivity index (χ2v) is 13.7. The summed E-state index contributed by atoms with van der Waals surface area (Å²) < 4.78 is 28.5. The van der Waals surface area contributed by atoms with Crippen LogP contribution in [-0.4, -0.2) is 129 Å². The van der Waals surface area contributed by atoms with E-state index in [-0.39, 0.29) is 41.6 Å². The van der Waals surface area contributed by atoms with Gasteiger partial charge in [0.15, 0.2) is 6.29 Å². The van der Waals surface area contributed by atoms with E-state index < -0.39 is 18.2 Å². The molecule has 4 unspecified atom stereocenters. The molecule has 0 radical (unpaired) electrons. The molecule has 0 saturated carbocycles. The fraction of sp³-hybridized carbons (Fsp3) is 0.906. The largest absolute Gasteiger partial charge is 0.463 e. The van der Waals surface area contributed by atoms with Gasteiger partial charge in [-0.2, -0.15) is 4.94 Å². The Morgan fingerprint density at radius 2 is 1.77 bits per heavy atom. The standard InChI is InChI=1S/C24H41N3O5.C8H16FNO2/c1-18-20(28)8-10-23(2,31-4)9-6-14-26(3)24(17-32-22(18)30)11-15-27(16-12-24)21(29)19-7-5-13-25-19;1-6-4-7(10(2)3)5-8(11-6)12-9/h18-19,25H,5-17H2,1-4H3;6-8H,4-5H2,1-3H3/t18?,19?,23-;6-,7?,8?/m11/s1. The van der Waals surface area contributed by atoms with Crippen LogP contribution in [0.1, 0.15) is 85.0 Å². The van der Waals surface area contributed by atoms with E-state index in [0.717, 1.165) is 58.0 Å². The van der Waals surface area contributed by atoms with E-state index in [1.54, 1.807) is 14.0 Å². The van der Waals surface area contributed by atoms with Gasteiger partial charge in [0.1, 0.15) is 18.3 Å². The Labute approximate surface area is 263 Å². The Kier molecular flexibility index (Phi) is 14.0. The number of nitrogens with one attached hydrogen (secondary N) is 1. The van der Waals surface area contributed by atoms with Crippen LogP contribution in [0, 0.1) is 5.92 Å². The summed E-state index contributed by atoms with van der Waals surface area (Å²) in [5, 5.41) is 3.30. The molecule has 44 heavy (non-hydrogen) atoms. The number of rotatable bonds is 4. The van der Waals surface area contributed by atoms with Crippen LogP contribution < -0.4 is 5.32 Å². The summed E-state index contributed by atoms with van der Waals surface area (Å²) in [6.07, 6.45) is 7.07. The highest BCUT2D eigenvalue weighted by atomic mass is 19.3. The molecule has 1 amide bonds. The molecule has 0 bridgehead atoms. The van der Waals surface area contributed by atoms with Crippen molar-refractivity contribution in [3.05, 3.63) is 0 Å². The summed E-state index contributed by atoms with van der Waals surface area (Å²) >= 11 is 0. The number of nitrogens with zero attached hydrogens (tertiary/aromatic N) is 3. The predicted molar refractivity (Wildman–Crippen MR) is 164 cm³/mol. The second-order valence-electron chi connectivity index (χ2n) is 13.7. The van der Waals surface area contributed by atoms with Crippen molar-refractivity contribution < 1.29 is 38.1 Å². The van der Waals surface area contributed by atoms with E-state index in [4.69, 9.17) is 14.2 Å². The Morgan fingerprint density at radius 1 is 1.07 bits per heavy atom. The number of hydrogen-bond acceptors (Lipinski definition) is 10. The number of ketones is 1. The number of likely N-dealkylation sites (N-methyl/N-ethyl adjacent to an activating group) is 1. The molecule has 4 heterocycles. The number of amides is 1. The third kappa shape index (κ3) is 9.90. The van der Waals surface area contributed by atoms with E-state index in [1.807, 2.05) is 32.8 Å². The van der Waals surface area contributed by atoms with Gasteiger partial charge in [0.25, 0.3) is 0 Å². The zero-order valence-electron chi connectivity index (χ0n) is 28.1. The zero-order chi connectivity index (χ0) is 32.5. The molecular weight excluding hydrogens is 571 g/mol. The summed E-state index contributed by atoms with van der Waals surface area (Å²) in [4.78, 5) is 48.1. The van der Waals surface area contributed by atoms with Crippen molar-refractivity contribution in [1.82, 2.24) is 20.0 Å². The molecule has 1 spiro atoms. The van der Waals surface area contributed by atoms with Crippen LogP contribution in [0.5, 0.6) is 0 Å². The molecule has 1 N–H and O–H groups in total. The van der Waals surface area contributed by atoms with Crippen LogP contribution in [0.3, 0.4) is 0 Å². The first-order valence-electron chi connectivity index (χ1n) is 16.4. The Balaban J connectivity index is 0.000000369. The minimum Gasteiger partial charge on any atom is -0.463 e. The maximum absolute atomic E-state index is 12.8. The first-order valence-corrected chi connectivity index (χ1v) is 16.4. The molecule has 4 saturated heterocycles. The monoisotopic (exact) mass is 628 g/mol. The number of Topliss-reactive ketones (excluding diaryl/α,β-unsaturated/α-hetero) is 1. The number of ether oxygens (including phenoxy) is 3. The first-order chi connectivity index (χ1) is 20.8. The van der Waals surface area contributed by atoms with Gasteiger partial charge in [0.2, 0.25) is 5.91 Å². The molecule has 0 aromatic heterocycles. The van der Waals surface area contributed by atoms with Gasteiger partial charge in [-0.3, -0.25) is 19.3 Å². The number of methoxy groups -OCH3 is 1. The van der Waals surface area contributed by atoms with Crippen LogP contribution in [0.25, 0.3) is 0 Å². The quantitative estimate of drug-likeness (QED) is 0.369. The van der Waals surface area contributed by atoms with E-state index in [2.05, 4.69) is 27.1 Å². The third-order valence-electron chi connectivity index (χ3n) is 10.4. The number of halogens is 1. The topological polar surface area (TPSA) is 110 Å². The first kappa shape index (κ1) is 36.8. The summed E-state index contributed by atoms with van der Waals surface area (Å²) in [7, 11) is 7.75. The van der Waals surface area contributed by atoms with Gasteiger partial charge in [-0.25, -0.2) is 0 Å². The lowest BCUT2D eigenvalue weighted by Crippen LogP contribution is -2.59. The Hall–Kier alpha value is -1.70. The van der Waals surface area contributed by atoms with Crippen LogP contribution in [0.2, 0.25) is 0 Å². The van der Waals surface area contributed by atoms with Gasteiger partial charge in [-0.1, -0.05) is 0 Å². The van der Waals surface area contributed by atoms with Crippen molar-refractivity contribution in [2.75, 3.05) is 61.0 Å². The maximum Gasteiger partial charge on any atom is 0.316 e. The Morgan fingerprint density at radius 3 is 2.36 bits per heavy atom. The highest BCUT2D eigenvalue weighted by Gasteiger charge is 2.42. The summed E-state index contributed by atoms with van der Waals surface area (Å²) in [5.41, 5.74) is -0.707. The average Bonchev–Trinajstić information content (AvgIpc) is 3.57. The molecule has 0 aromatic carbocycles. The molecule has 4 rings (SSSR count). The molecule has 254 valence electrons. The van der Waals surface area contributed by atoms with Crippen molar-refractivity contribution in [3.63, 3.8) is 0 Å². The normalized spacial score (nSPS) is 34.4. The highest BCUT2D eigenvalue weighted by Crippen LogP contribution is 2.32. The van der Waals surface area contributed by atoms with Gasteiger partial charge in [-0.15, -0.1) is 0 Å². The van der Waals surface area contributed by atoms with E-state index in [0.29, 0.717) is 38.4 Å². The van der Waals surface area contributed by atoms with Gasteiger partial charge < -0.3 is 29.3 Å². The van der Waals surface area contributed by atoms with Crippen molar-refractivity contribution in [1.29, 1.82) is 0 Å². The second kappa shape index (κ2) is 16.7. The molecule has 0 aromatic rings. The summed E-state index contributed by atoms with van der Waals surface area (Å²) in [5.74, 6) is -1.12. The van der Waals surface area contributed by atoms with Gasteiger partial charge >= 0.3 is 5.97 Å². The Bertz CT molecular complexity index is 942. The molecular formula is C32H57FN4O7. The van der Waals surface area contributed by atoms with Crippen molar-refractivity contribution in [3.8, 4) is 0 Å². The zero-order valence-corrected chi connectivity index (χ0v) is 28.1. The van der Waals surface area contributed by atoms with Crippen LogP contribution in [-0.2, 0) is 33.5 Å². The molecule has 12 heteroatoms. The van der Waals surface area contributed by atoms with E-state index in [9.17, 15) is 18.9 Å². The average molecular weight is 629 g/mol. The number of cyclic esters (lactones) is 1. The number of esters is 1. The van der Waals surface area contributed by atoms with Gasteiger partial charge in [0.05, 0.1) is 23.3 Å². The summed E-state index contributed by atoms with van der Waals surface area (Å²) in [6.45, 7) is 8.93. The number of hydrogen-bond donors (Lipinski definition) is 1. The lowest BCUT2D eigenvalue weighted by molar-refractivity contribution is -0.304. The molecule has 0 aliphatic carbocycles. The molecule has 4 aliphatic rings. The van der Waals surface area contributed by atoms with E-state index in [1.165, 1.54) is 0 Å². The fourth-order valence-electron chi connectivity index (χ4n) is 6.77. The molecule has 11 nitrogen and oxygen atoms in total. The van der Waals surface area contributed by atoms with Crippen molar-refractivity contribution in [2.24, 2.45) is 5.92 Å². The van der Waals surface area contributed by atoms with E-state index >= 15 is 0 Å². The summed E-state index contributed by atoms with van der Waals surface area (Å²) in [6, 6.07) is 0.299. The highest BCUT2D eigenvalue weighted by molar-refractivity contribution is 5.98. The number of carbonyl (C=O) groups excluding carboxylic acids is 3. The minimum atomic E-state index is -0.769. The van der Waals surface area contributed by atoms with Gasteiger partial charge in [-0.05, 0) is 111 Å². The van der Waals surface area contributed by atoms with Crippen molar-refractivity contribution >= 4 is 17.7 Å². The SMILES string of the molecule is CO[C@]1(C)CCCN(C)C2(CCN(C(=O)C3CCCN3)CC2)COC(=O)C(C)C(=O)CC1.C[C@@H]1CC(N(C)C)CC(OF)O1. The lowest BCUT2D eigenvalue weighted by atomic mass is 9.85. The molecule has 6 atom stereocenters. The predicted octanol–water partition coefficient (Wildman–Crippen LogP) is 3.10. The van der Waals surface area contributed by atoms with Crippen LogP contribution >= 0.6 is 0 Å². The fourth-order valence-corrected chi connectivity index (χ4v) is 6.77. The van der Waals surface area contributed by atoms with Crippen LogP contribution in [0.15, 0.2) is 0 Å². The van der Waals surface area contributed by atoms with Crippen LogP contribution in [0.4, 0.5) is 4.53 Å². The number of carbonyl (C=O) groups is 3. The van der Waals surface area contributed by atoms with Gasteiger partial charge in [0, 0.05) is 39.1 Å². The minimum absolute atomic E-state index is 0.0572. The molecule has 4 fully saturated rings. The third-order valence-corrected chi connectivity index (χ3v) is 10.4.